The fourth-order valence-electron chi connectivity index (χ4n) is 5.45. The average Bonchev–Trinajstić information content (AvgIpc) is 3.20. The number of nitriles is 1. The number of hydrogen-bond acceptors (Lipinski definition) is 5. The van der Waals surface area contributed by atoms with Crippen LogP contribution in [-0.2, 0) is 18.3 Å². The number of hydrogen-bond donors (Lipinski definition) is 0. The Kier molecular flexibility index (Phi) is 7.16. The Morgan fingerprint density at radius 2 is 2.06 bits per heavy atom. The number of benzene rings is 1. The Morgan fingerprint density at radius 1 is 1.31 bits per heavy atom. The maximum absolute atomic E-state index is 13.1. The van der Waals surface area contributed by atoms with Crippen molar-refractivity contribution in [3.8, 4) is 11.8 Å². The third-order valence-corrected chi connectivity index (χ3v) is 7.48. The van der Waals surface area contributed by atoms with Crippen LogP contribution in [0.2, 0.25) is 0 Å². The maximum Gasteiger partial charge on any atom is 0.225 e. The molecule has 0 N–H and O–H groups in total. The summed E-state index contributed by atoms with van der Waals surface area (Å²) in [6.07, 6.45) is 5.07. The van der Waals surface area contributed by atoms with Gasteiger partial charge in [-0.25, -0.2) is 4.98 Å². The lowest BCUT2D eigenvalue weighted by atomic mass is 9.80. The molecule has 1 fully saturated rings. The predicted molar refractivity (Wildman–Crippen MR) is 139 cm³/mol. The second kappa shape index (κ2) is 10.1. The molecule has 1 aliphatic rings. The number of methoxy groups -OCH3 is 1. The number of aryl methyl sites for hydroxylation is 2. The summed E-state index contributed by atoms with van der Waals surface area (Å²) >= 11 is 0. The second-order valence-corrected chi connectivity index (χ2v) is 10.2. The summed E-state index contributed by atoms with van der Waals surface area (Å²) in [4.78, 5) is 32.4. The Hall–Kier alpha value is -3.66. The minimum atomic E-state index is -0.0650. The van der Waals surface area contributed by atoms with Gasteiger partial charge in [0.2, 0.25) is 5.91 Å². The normalized spacial score (nSPS) is 17.9. The second-order valence-electron chi connectivity index (χ2n) is 10.2. The molecule has 3 aromatic rings. The molecular formula is C29H34N4O3. The zero-order chi connectivity index (χ0) is 26.1. The van der Waals surface area contributed by atoms with Gasteiger partial charge >= 0.3 is 0 Å². The highest BCUT2D eigenvalue weighted by atomic mass is 16.5. The van der Waals surface area contributed by atoms with Gasteiger partial charge in [0.05, 0.1) is 12.7 Å². The fraction of sp³-hybridized carbons (Fsp3) is 0.448. The van der Waals surface area contributed by atoms with Gasteiger partial charge in [0.25, 0.3) is 0 Å². The first-order valence-corrected chi connectivity index (χ1v) is 12.5. The van der Waals surface area contributed by atoms with E-state index in [1.54, 1.807) is 24.4 Å². The van der Waals surface area contributed by atoms with Crippen molar-refractivity contribution in [1.82, 2.24) is 14.5 Å². The maximum atomic E-state index is 13.1. The monoisotopic (exact) mass is 486 g/mol. The molecule has 7 nitrogen and oxygen atoms in total. The van der Waals surface area contributed by atoms with Crippen LogP contribution in [0.4, 0.5) is 0 Å². The van der Waals surface area contributed by atoms with E-state index < -0.39 is 0 Å². The summed E-state index contributed by atoms with van der Waals surface area (Å²) in [5, 5.41) is 10.5. The van der Waals surface area contributed by atoms with E-state index >= 15 is 0 Å². The molecule has 188 valence electrons. The quantitative estimate of drug-likeness (QED) is 0.467. The minimum Gasteiger partial charge on any atom is -0.495 e. The molecular weight excluding hydrogens is 452 g/mol. The van der Waals surface area contributed by atoms with E-state index in [9.17, 15) is 14.9 Å². The topological polar surface area (TPSA) is 88.2 Å². The standard InChI is InChI=1S/C29H34N4O3/c1-17(2)29(35)33-10-9-23(18(3)15-33)24-16-32(5)28-27(24)19(4)22(14-31-28)12-25(34)20-7-8-26(36-6)21(11-20)13-30/h7-8,11,14,16-18,23H,9-10,12,15H2,1-6H3/t18-,23+/m0/s1. The molecule has 0 radical (unpaired) electrons. The van der Waals surface area contributed by atoms with Crippen LogP contribution < -0.4 is 4.74 Å². The Labute approximate surface area is 212 Å². The minimum absolute atomic E-state index is 0.00721. The average molecular weight is 487 g/mol. The number of nitrogens with zero attached hydrogens (tertiary/aromatic N) is 4. The van der Waals surface area contributed by atoms with Gasteiger partial charge in [0.1, 0.15) is 17.5 Å². The SMILES string of the molecule is COc1ccc(C(=O)Cc2cnc3c(c([C@@H]4CCN(C(=O)C(C)C)C[C@@H]4C)cn3C)c2C)cc1C#N. The highest BCUT2D eigenvalue weighted by Gasteiger charge is 2.33. The molecule has 0 bridgehead atoms. The smallest absolute Gasteiger partial charge is 0.225 e. The van der Waals surface area contributed by atoms with E-state index in [1.165, 1.54) is 12.7 Å². The van der Waals surface area contributed by atoms with Gasteiger partial charge in [-0.2, -0.15) is 5.26 Å². The molecule has 1 aromatic carbocycles. The lowest BCUT2D eigenvalue weighted by Crippen LogP contribution is -2.43. The summed E-state index contributed by atoms with van der Waals surface area (Å²) in [6.45, 7) is 9.69. The van der Waals surface area contributed by atoms with Crippen LogP contribution in [0.3, 0.4) is 0 Å². The number of piperidine rings is 1. The van der Waals surface area contributed by atoms with Gasteiger partial charge in [-0.05, 0) is 60.1 Å². The molecule has 0 aliphatic carbocycles. The Morgan fingerprint density at radius 3 is 2.69 bits per heavy atom. The van der Waals surface area contributed by atoms with Gasteiger partial charge in [0, 0.05) is 55.8 Å². The number of rotatable bonds is 6. The van der Waals surface area contributed by atoms with Crippen LogP contribution in [-0.4, -0.2) is 46.3 Å². The van der Waals surface area contributed by atoms with E-state index in [0.717, 1.165) is 41.7 Å². The van der Waals surface area contributed by atoms with Crippen LogP contribution in [0.5, 0.6) is 5.75 Å². The summed E-state index contributed by atoms with van der Waals surface area (Å²) in [6, 6.07) is 7.04. The summed E-state index contributed by atoms with van der Waals surface area (Å²) in [5.74, 6) is 1.25. The van der Waals surface area contributed by atoms with Crippen LogP contribution >= 0.6 is 0 Å². The third-order valence-electron chi connectivity index (χ3n) is 7.48. The number of aromatic nitrogens is 2. The number of likely N-dealkylation sites (tertiary alicyclic amines) is 1. The third kappa shape index (κ3) is 4.60. The number of Topliss-reactive ketones (excluding diaryl/α,β-unsaturated/α-hetero) is 1. The van der Waals surface area contributed by atoms with E-state index in [-0.39, 0.29) is 24.0 Å². The molecule has 4 rings (SSSR count). The van der Waals surface area contributed by atoms with E-state index in [4.69, 9.17) is 9.72 Å². The van der Waals surface area contributed by atoms with Gasteiger partial charge in [-0.3, -0.25) is 9.59 Å². The largest absolute Gasteiger partial charge is 0.495 e. The molecule has 1 aliphatic heterocycles. The van der Waals surface area contributed by atoms with Crippen molar-refractivity contribution in [2.45, 2.75) is 46.5 Å². The Balaban J connectivity index is 1.64. The summed E-state index contributed by atoms with van der Waals surface area (Å²) in [5.41, 5.74) is 4.92. The molecule has 36 heavy (non-hydrogen) atoms. The fourth-order valence-corrected chi connectivity index (χ4v) is 5.45. The van der Waals surface area contributed by atoms with Crippen LogP contribution in [0, 0.1) is 30.1 Å². The molecule has 0 saturated carbocycles. The van der Waals surface area contributed by atoms with Crippen molar-refractivity contribution in [3.63, 3.8) is 0 Å². The molecule has 0 unspecified atom stereocenters. The van der Waals surface area contributed by atoms with Crippen LogP contribution in [0.25, 0.3) is 11.0 Å². The van der Waals surface area contributed by atoms with Crippen LogP contribution in [0.15, 0.2) is 30.6 Å². The first kappa shape index (κ1) is 25.4. The number of pyridine rings is 1. The van der Waals surface area contributed by atoms with Gasteiger partial charge in [-0.1, -0.05) is 20.8 Å². The lowest BCUT2D eigenvalue weighted by Gasteiger charge is -2.38. The zero-order valence-corrected chi connectivity index (χ0v) is 22.0. The van der Waals surface area contributed by atoms with Crippen molar-refractivity contribution in [2.75, 3.05) is 20.2 Å². The van der Waals surface area contributed by atoms with Crippen molar-refractivity contribution in [3.05, 3.63) is 58.4 Å². The lowest BCUT2D eigenvalue weighted by molar-refractivity contribution is -0.136. The van der Waals surface area contributed by atoms with E-state index in [1.807, 2.05) is 25.8 Å². The van der Waals surface area contributed by atoms with Gasteiger partial charge in [-0.15, -0.1) is 0 Å². The molecule has 1 amide bonds. The van der Waals surface area contributed by atoms with Gasteiger partial charge in [0.15, 0.2) is 5.78 Å². The van der Waals surface area contributed by atoms with Crippen molar-refractivity contribution in [2.24, 2.45) is 18.9 Å². The predicted octanol–water partition coefficient (Wildman–Crippen LogP) is 4.80. The number of fused-ring (bicyclic) bond motifs is 1. The van der Waals surface area contributed by atoms with E-state index in [0.29, 0.717) is 28.7 Å². The summed E-state index contributed by atoms with van der Waals surface area (Å²) in [7, 11) is 3.51. The Bertz CT molecular complexity index is 1370. The highest BCUT2D eigenvalue weighted by Crippen LogP contribution is 2.39. The zero-order valence-electron chi connectivity index (χ0n) is 22.0. The van der Waals surface area contributed by atoms with Crippen molar-refractivity contribution < 1.29 is 14.3 Å². The van der Waals surface area contributed by atoms with Crippen LogP contribution in [0.1, 0.15) is 65.7 Å². The molecule has 3 heterocycles. The number of ketones is 1. The van der Waals surface area contributed by atoms with Gasteiger partial charge < -0.3 is 14.2 Å². The molecule has 7 heteroatoms. The first-order valence-electron chi connectivity index (χ1n) is 12.5. The number of ether oxygens (including phenoxy) is 1. The van der Waals surface area contributed by atoms with Crippen molar-refractivity contribution >= 4 is 22.7 Å². The number of carbonyl (C=O) groups is 2. The molecule has 2 atom stereocenters. The number of amides is 1. The summed E-state index contributed by atoms with van der Waals surface area (Å²) < 4.78 is 7.26. The van der Waals surface area contributed by atoms with E-state index in [2.05, 4.69) is 30.7 Å². The molecule has 2 aromatic heterocycles. The molecule has 0 spiro atoms. The highest BCUT2D eigenvalue weighted by molar-refractivity contribution is 5.99. The van der Waals surface area contributed by atoms with Crippen molar-refractivity contribution in [1.29, 1.82) is 5.26 Å². The molecule has 1 saturated heterocycles. The first-order chi connectivity index (χ1) is 17.2. The number of carbonyl (C=O) groups excluding carboxylic acids is 2.